The van der Waals surface area contributed by atoms with E-state index >= 15 is 0 Å². The number of hydrogen-bond donors (Lipinski definition) is 2. The molecule has 2 heterocycles. The molecule has 8 heteroatoms. The number of likely N-dealkylation sites (N-methyl/N-ethyl adjacent to an activating group) is 1. The lowest BCUT2D eigenvalue weighted by Crippen LogP contribution is -2.27. The van der Waals surface area contributed by atoms with Crippen molar-refractivity contribution in [1.29, 1.82) is 0 Å². The summed E-state index contributed by atoms with van der Waals surface area (Å²) in [6, 6.07) is 8.88. The van der Waals surface area contributed by atoms with Gasteiger partial charge in [0, 0.05) is 17.6 Å². The second-order valence-electron chi connectivity index (χ2n) is 6.22. The number of carbonyl (C=O) groups excluding carboxylic acids is 2. The molecule has 26 heavy (non-hydrogen) atoms. The minimum atomic E-state index is -0.343. The molecule has 0 atom stereocenters. The molecule has 0 aliphatic rings. The van der Waals surface area contributed by atoms with Gasteiger partial charge in [0.2, 0.25) is 5.91 Å². The molecule has 0 spiro atoms. The highest BCUT2D eigenvalue weighted by Gasteiger charge is 2.13. The number of rotatable bonds is 5. The molecule has 0 aliphatic carbocycles. The average Bonchev–Trinajstić information content (AvgIpc) is 3.01. The fourth-order valence-electron chi connectivity index (χ4n) is 2.45. The van der Waals surface area contributed by atoms with E-state index in [1.807, 2.05) is 27.1 Å². The SMILES string of the molecule is Cc1ccc(NC(=O)c2cn3ncccc3n2)cc1NC(=O)CN(C)C. The molecule has 2 aromatic heterocycles. The van der Waals surface area contributed by atoms with Crippen LogP contribution in [-0.2, 0) is 4.79 Å². The van der Waals surface area contributed by atoms with Crippen LogP contribution in [0.4, 0.5) is 11.4 Å². The van der Waals surface area contributed by atoms with Crippen LogP contribution in [0.25, 0.3) is 5.65 Å². The van der Waals surface area contributed by atoms with Gasteiger partial charge in [-0.1, -0.05) is 6.07 Å². The van der Waals surface area contributed by atoms with Crippen molar-refractivity contribution in [2.24, 2.45) is 0 Å². The zero-order valence-corrected chi connectivity index (χ0v) is 14.9. The largest absolute Gasteiger partial charge is 0.325 e. The van der Waals surface area contributed by atoms with Gasteiger partial charge in [0.25, 0.3) is 5.91 Å². The quantitative estimate of drug-likeness (QED) is 0.730. The summed E-state index contributed by atoms with van der Waals surface area (Å²) >= 11 is 0. The lowest BCUT2D eigenvalue weighted by Gasteiger charge is -2.13. The molecule has 0 bridgehead atoms. The molecule has 0 aliphatic heterocycles. The van der Waals surface area contributed by atoms with Gasteiger partial charge in [-0.15, -0.1) is 0 Å². The van der Waals surface area contributed by atoms with E-state index in [0.29, 0.717) is 17.0 Å². The summed E-state index contributed by atoms with van der Waals surface area (Å²) < 4.78 is 1.54. The highest BCUT2D eigenvalue weighted by molar-refractivity contribution is 6.03. The van der Waals surface area contributed by atoms with Crippen LogP contribution in [0, 0.1) is 6.92 Å². The Morgan fingerprint density at radius 2 is 2.00 bits per heavy atom. The minimum absolute atomic E-state index is 0.118. The van der Waals surface area contributed by atoms with E-state index in [9.17, 15) is 9.59 Å². The van der Waals surface area contributed by atoms with Crippen molar-refractivity contribution in [2.75, 3.05) is 31.3 Å². The van der Waals surface area contributed by atoms with Crippen molar-refractivity contribution < 1.29 is 9.59 Å². The van der Waals surface area contributed by atoms with Crippen LogP contribution < -0.4 is 10.6 Å². The fraction of sp³-hybridized carbons (Fsp3) is 0.222. The van der Waals surface area contributed by atoms with Crippen molar-refractivity contribution in [3.05, 3.63) is 54.0 Å². The summed E-state index contributed by atoms with van der Waals surface area (Å²) in [6.07, 6.45) is 3.19. The van der Waals surface area contributed by atoms with Gasteiger partial charge in [0.05, 0.1) is 12.7 Å². The van der Waals surface area contributed by atoms with Crippen LogP contribution in [0.5, 0.6) is 0 Å². The molecule has 2 amide bonds. The van der Waals surface area contributed by atoms with E-state index in [-0.39, 0.29) is 24.1 Å². The predicted octanol–water partition coefficient (Wildman–Crippen LogP) is 1.79. The molecule has 0 fully saturated rings. The maximum Gasteiger partial charge on any atom is 0.275 e. The van der Waals surface area contributed by atoms with Crippen molar-refractivity contribution in [2.45, 2.75) is 6.92 Å². The average molecular weight is 352 g/mol. The van der Waals surface area contributed by atoms with E-state index in [1.54, 1.807) is 41.6 Å². The Morgan fingerprint density at radius 1 is 1.19 bits per heavy atom. The number of aromatic nitrogens is 3. The molecule has 1 aromatic carbocycles. The number of benzene rings is 1. The number of amides is 2. The van der Waals surface area contributed by atoms with Crippen LogP contribution in [0.3, 0.4) is 0 Å². The van der Waals surface area contributed by atoms with Crippen molar-refractivity contribution in [1.82, 2.24) is 19.5 Å². The third kappa shape index (κ3) is 4.04. The maximum atomic E-state index is 12.4. The highest BCUT2D eigenvalue weighted by atomic mass is 16.2. The Balaban J connectivity index is 1.75. The summed E-state index contributed by atoms with van der Waals surface area (Å²) in [6.45, 7) is 2.18. The Morgan fingerprint density at radius 3 is 2.73 bits per heavy atom. The van der Waals surface area contributed by atoms with Gasteiger partial charge in [-0.2, -0.15) is 5.10 Å². The third-order valence-corrected chi connectivity index (χ3v) is 3.70. The molecule has 0 saturated carbocycles. The van der Waals surface area contributed by atoms with Crippen LogP contribution in [0.15, 0.2) is 42.7 Å². The number of nitrogens with zero attached hydrogens (tertiary/aromatic N) is 4. The van der Waals surface area contributed by atoms with Gasteiger partial charge in [-0.05, 0) is 50.8 Å². The van der Waals surface area contributed by atoms with E-state index in [4.69, 9.17) is 0 Å². The fourth-order valence-corrected chi connectivity index (χ4v) is 2.45. The van der Waals surface area contributed by atoms with Crippen molar-refractivity contribution in [3.8, 4) is 0 Å². The topological polar surface area (TPSA) is 91.6 Å². The standard InChI is InChI=1S/C18H20N6O2/c1-12-6-7-13(9-14(12)22-17(25)11-23(2)3)20-18(26)15-10-24-16(21-15)5-4-8-19-24/h4-10H,11H2,1-3H3,(H,20,26)(H,22,25). The number of aryl methyl sites for hydroxylation is 1. The first-order valence-corrected chi connectivity index (χ1v) is 8.09. The lowest BCUT2D eigenvalue weighted by atomic mass is 10.1. The first-order chi connectivity index (χ1) is 12.4. The summed E-state index contributed by atoms with van der Waals surface area (Å²) in [7, 11) is 3.65. The molecule has 3 aromatic rings. The van der Waals surface area contributed by atoms with Crippen LogP contribution in [0.2, 0.25) is 0 Å². The van der Waals surface area contributed by atoms with Gasteiger partial charge in [0.15, 0.2) is 5.65 Å². The van der Waals surface area contributed by atoms with Gasteiger partial charge < -0.3 is 15.5 Å². The summed E-state index contributed by atoms with van der Waals surface area (Å²) in [4.78, 5) is 30.4. The molecule has 2 N–H and O–H groups in total. The first-order valence-electron chi connectivity index (χ1n) is 8.09. The number of hydrogen-bond acceptors (Lipinski definition) is 5. The first kappa shape index (κ1) is 17.6. The number of carbonyl (C=O) groups is 2. The summed E-state index contributed by atoms with van der Waals surface area (Å²) in [5.74, 6) is -0.460. The van der Waals surface area contributed by atoms with Gasteiger partial charge in [0.1, 0.15) is 5.69 Å². The molecular weight excluding hydrogens is 332 g/mol. The van der Waals surface area contributed by atoms with Crippen LogP contribution in [0.1, 0.15) is 16.1 Å². The second-order valence-corrected chi connectivity index (χ2v) is 6.22. The number of imidazole rings is 1. The smallest absolute Gasteiger partial charge is 0.275 e. The molecule has 3 rings (SSSR count). The van der Waals surface area contributed by atoms with Crippen molar-refractivity contribution >= 4 is 28.8 Å². The number of nitrogens with one attached hydrogen (secondary N) is 2. The third-order valence-electron chi connectivity index (χ3n) is 3.70. The Labute approximate surface area is 150 Å². The van der Waals surface area contributed by atoms with Crippen LogP contribution in [-0.4, -0.2) is 52.0 Å². The monoisotopic (exact) mass is 352 g/mol. The van der Waals surface area contributed by atoms with E-state index in [1.165, 1.54) is 4.52 Å². The zero-order chi connectivity index (χ0) is 18.7. The minimum Gasteiger partial charge on any atom is -0.325 e. The zero-order valence-electron chi connectivity index (χ0n) is 14.9. The van der Waals surface area contributed by atoms with Gasteiger partial charge in [-0.3, -0.25) is 9.59 Å². The normalized spacial score (nSPS) is 10.9. The summed E-state index contributed by atoms with van der Waals surface area (Å²) in [5, 5.41) is 9.75. The predicted molar refractivity (Wildman–Crippen MR) is 99.3 cm³/mol. The van der Waals surface area contributed by atoms with E-state index in [2.05, 4.69) is 20.7 Å². The second kappa shape index (κ2) is 7.32. The molecule has 8 nitrogen and oxygen atoms in total. The van der Waals surface area contributed by atoms with Gasteiger partial charge >= 0.3 is 0 Å². The Kier molecular flexibility index (Phi) is 4.94. The van der Waals surface area contributed by atoms with Crippen LogP contribution >= 0.6 is 0 Å². The molecular formula is C18H20N6O2. The Bertz CT molecular complexity index is 930. The van der Waals surface area contributed by atoms with Crippen molar-refractivity contribution in [3.63, 3.8) is 0 Å². The lowest BCUT2D eigenvalue weighted by molar-refractivity contribution is -0.116. The molecule has 0 unspecified atom stereocenters. The summed E-state index contributed by atoms with van der Waals surface area (Å²) in [5.41, 5.74) is 3.00. The Hall–Kier alpha value is -3.26. The maximum absolute atomic E-state index is 12.4. The molecule has 0 radical (unpaired) electrons. The molecule has 0 saturated heterocycles. The number of fused-ring (bicyclic) bond motifs is 1. The molecule has 134 valence electrons. The number of anilines is 2. The van der Waals surface area contributed by atoms with E-state index < -0.39 is 0 Å². The van der Waals surface area contributed by atoms with Gasteiger partial charge in [-0.25, -0.2) is 9.50 Å². The van der Waals surface area contributed by atoms with E-state index in [0.717, 1.165) is 5.56 Å². The highest BCUT2D eigenvalue weighted by Crippen LogP contribution is 2.21.